The van der Waals surface area contributed by atoms with E-state index in [0.717, 1.165) is 83.8 Å². The van der Waals surface area contributed by atoms with Crippen molar-refractivity contribution in [2.45, 2.75) is 93.4 Å². The summed E-state index contributed by atoms with van der Waals surface area (Å²) in [4.78, 5) is 47.5. The Balaban J connectivity index is 0.927. The number of aromatic nitrogens is 4. The van der Waals surface area contributed by atoms with Gasteiger partial charge in [0.25, 0.3) is 0 Å². The molecule has 8 rings (SSSR count). The lowest BCUT2D eigenvalue weighted by Gasteiger charge is -2.28. The van der Waals surface area contributed by atoms with Gasteiger partial charge in [0.05, 0.1) is 39.5 Å². The van der Waals surface area contributed by atoms with E-state index in [2.05, 4.69) is 91.4 Å². The molecule has 0 aliphatic carbocycles. The molecule has 2 aromatic heterocycles. The van der Waals surface area contributed by atoms with E-state index < -0.39 is 0 Å². The second kappa shape index (κ2) is 12.5. The molecule has 0 saturated carbocycles. The average Bonchev–Trinajstić information content (AvgIpc) is 3.56. The number of nitrogens with zero attached hydrogens (tertiary/aromatic N) is 4. The molecule has 6 atom stereocenters. The summed E-state index contributed by atoms with van der Waals surface area (Å²) < 4.78 is 0.0464. The Labute approximate surface area is 303 Å². The van der Waals surface area contributed by atoms with Crippen LogP contribution in [0.1, 0.15) is 101 Å². The number of carbonyl (C=O) groups is 2. The minimum Gasteiger partial charge on any atom is -0.341 e. The molecule has 4 saturated heterocycles. The molecule has 6 unspecified atom stereocenters. The summed E-state index contributed by atoms with van der Waals surface area (Å²) in [6.07, 6.45) is 5.88. The maximum atomic E-state index is 13.4. The number of rotatable bonds is 7. The van der Waals surface area contributed by atoms with E-state index in [1.54, 1.807) is 11.8 Å². The average molecular weight is 707 g/mol. The molecule has 2 amide bonds. The molecular formula is C40H46N6O2S2. The highest BCUT2D eigenvalue weighted by Crippen LogP contribution is 2.70. The first-order valence-electron chi connectivity index (χ1n) is 18.1. The van der Waals surface area contributed by atoms with Crippen molar-refractivity contribution >= 4 is 46.4 Å². The minimum atomic E-state index is -0.151. The lowest BCUT2D eigenvalue weighted by molar-refractivity contribution is -0.137. The highest BCUT2D eigenvalue weighted by molar-refractivity contribution is 8.09. The summed E-state index contributed by atoms with van der Waals surface area (Å²) in [6.45, 7) is 14.6. The fourth-order valence-electron chi connectivity index (χ4n) is 7.66. The quantitative estimate of drug-likeness (QED) is 0.150. The number of H-pyrrole nitrogens is 2. The summed E-state index contributed by atoms with van der Waals surface area (Å²) in [5.41, 5.74) is 5.73. The minimum absolute atomic E-state index is 0.00609. The van der Waals surface area contributed by atoms with Crippen LogP contribution in [0.25, 0.3) is 22.3 Å². The second-order valence-electron chi connectivity index (χ2n) is 15.4. The Morgan fingerprint density at radius 1 is 0.940 bits per heavy atom. The van der Waals surface area contributed by atoms with Crippen molar-refractivity contribution in [1.29, 1.82) is 0 Å². The number of amides is 2. The first-order chi connectivity index (χ1) is 24.0. The highest BCUT2D eigenvalue weighted by atomic mass is 32.2. The molecule has 0 bridgehead atoms. The molecule has 2 aromatic carbocycles. The van der Waals surface area contributed by atoms with Gasteiger partial charge in [-0.25, -0.2) is 9.97 Å². The lowest BCUT2D eigenvalue weighted by Crippen LogP contribution is -2.42. The molecule has 4 fully saturated rings. The third-order valence-corrected chi connectivity index (χ3v) is 15.2. The number of carbonyl (C=O) groups excluding carboxylic acids is 2. The van der Waals surface area contributed by atoms with Crippen molar-refractivity contribution in [3.8, 4) is 23.1 Å². The van der Waals surface area contributed by atoms with Crippen LogP contribution in [0.3, 0.4) is 0 Å². The Morgan fingerprint density at radius 3 is 2.44 bits per heavy atom. The number of benzene rings is 2. The number of thioether (sulfide) groups is 2. The number of nitrogens with one attached hydrogen (secondary N) is 2. The van der Waals surface area contributed by atoms with Crippen LogP contribution in [-0.2, 0) is 9.59 Å². The van der Waals surface area contributed by atoms with Crippen LogP contribution in [0.5, 0.6) is 0 Å². The Bertz CT molecular complexity index is 2020. The molecule has 8 nitrogen and oxygen atoms in total. The van der Waals surface area contributed by atoms with Gasteiger partial charge in [0.1, 0.15) is 16.5 Å². The predicted molar refractivity (Wildman–Crippen MR) is 202 cm³/mol. The first kappa shape index (κ1) is 33.5. The predicted octanol–water partition coefficient (Wildman–Crippen LogP) is 7.95. The van der Waals surface area contributed by atoms with Gasteiger partial charge in [-0.1, -0.05) is 58.6 Å². The summed E-state index contributed by atoms with van der Waals surface area (Å²) in [5, 5.41) is 0.237. The van der Waals surface area contributed by atoms with Gasteiger partial charge in [-0.3, -0.25) is 9.59 Å². The molecular weight excluding hydrogens is 661 g/mol. The first-order valence-corrected chi connectivity index (χ1v) is 19.9. The van der Waals surface area contributed by atoms with E-state index in [-0.39, 0.29) is 43.9 Å². The van der Waals surface area contributed by atoms with E-state index >= 15 is 0 Å². The fourth-order valence-corrected chi connectivity index (χ4v) is 10.5. The van der Waals surface area contributed by atoms with Gasteiger partial charge in [0.15, 0.2) is 0 Å². The van der Waals surface area contributed by atoms with Crippen molar-refractivity contribution in [1.82, 2.24) is 29.7 Å². The van der Waals surface area contributed by atoms with Gasteiger partial charge in [-0.15, -0.1) is 23.5 Å². The number of hydrogen-bond donors (Lipinski definition) is 2. The molecule has 4 aromatic rings. The largest absolute Gasteiger partial charge is 0.341 e. The molecule has 260 valence electrons. The van der Waals surface area contributed by atoms with Crippen LogP contribution in [0.15, 0.2) is 48.7 Å². The Kier molecular flexibility index (Phi) is 8.38. The lowest BCUT2D eigenvalue weighted by atomic mass is 9.94. The Morgan fingerprint density at radius 2 is 1.70 bits per heavy atom. The molecule has 10 heteroatoms. The van der Waals surface area contributed by atoms with Crippen LogP contribution in [-0.4, -0.2) is 69.5 Å². The van der Waals surface area contributed by atoms with Crippen molar-refractivity contribution in [2.24, 2.45) is 17.8 Å². The second-order valence-corrected chi connectivity index (χ2v) is 18.4. The van der Waals surface area contributed by atoms with Gasteiger partial charge >= 0.3 is 0 Å². The molecule has 6 heterocycles. The number of imidazole rings is 2. The summed E-state index contributed by atoms with van der Waals surface area (Å²) in [5.74, 6) is 9.83. The van der Waals surface area contributed by atoms with Crippen LogP contribution >= 0.6 is 23.5 Å². The molecule has 1 spiro atoms. The van der Waals surface area contributed by atoms with Crippen LogP contribution < -0.4 is 0 Å². The van der Waals surface area contributed by atoms with Gasteiger partial charge in [-0.2, -0.15) is 0 Å². The molecule has 0 radical (unpaired) electrons. The number of aromatic amines is 2. The Hall–Kier alpha value is -3.68. The summed E-state index contributed by atoms with van der Waals surface area (Å²) >= 11 is 3.67. The maximum Gasteiger partial charge on any atom is 0.237 e. The van der Waals surface area contributed by atoms with Gasteiger partial charge in [-0.05, 0) is 80.3 Å². The van der Waals surface area contributed by atoms with E-state index in [9.17, 15) is 9.59 Å². The van der Waals surface area contributed by atoms with Crippen molar-refractivity contribution < 1.29 is 9.59 Å². The third-order valence-electron chi connectivity index (χ3n) is 11.7. The zero-order valence-corrected chi connectivity index (χ0v) is 31.4. The van der Waals surface area contributed by atoms with Crippen LogP contribution in [0, 0.1) is 29.6 Å². The SMILES string of the molecule is CC(C)C(C)C(=O)N1CCCC12SC2c1nc2ccc(C#Cc3ccc(-c4cnc(C5CCCN5C(=O)C5SC5(C)C(C)C)[nH]4)cc3)cc2[nH]1. The smallest absolute Gasteiger partial charge is 0.237 e. The molecule has 4 aliphatic rings. The van der Waals surface area contributed by atoms with Crippen molar-refractivity contribution in [3.05, 3.63) is 71.4 Å². The van der Waals surface area contributed by atoms with E-state index in [1.165, 1.54) is 0 Å². The standard InChI is InChI=1S/C40H46N6O2S2/c1-23(2)25(5)37(47)46-20-8-18-40(46)33(50-40)36-42-29-17-14-27(21-30(29)43-36)11-10-26-12-15-28(16-13-26)31-22-41-35(44-31)32-9-7-19-45(32)38(48)34-39(6,49-34)24(3)4/h12-17,21-25,32-34H,7-9,18-20H2,1-6H3,(H,41,44)(H,42,43). The zero-order valence-electron chi connectivity index (χ0n) is 29.7. The van der Waals surface area contributed by atoms with E-state index in [1.807, 2.05) is 42.2 Å². The normalized spacial score (nSPS) is 27.7. The van der Waals surface area contributed by atoms with Gasteiger partial charge in [0.2, 0.25) is 11.8 Å². The number of fused-ring (bicyclic) bond motifs is 1. The van der Waals surface area contributed by atoms with E-state index in [0.29, 0.717) is 11.8 Å². The fraction of sp³-hybridized carbons (Fsp3) is 0.500. The van der Waals surface area contributed by atoms with Crippen LogP contribution in [0.2, 0.25) is 0 Å². The van der Waals surface area contributed by atoms with Gasteiger partial charge in [0, 0.05) is 34.9 Å². The van der Waals surface area contributed by atoms with Gasteiger partial charge < -0.3 is 19.8 Å². The molecule has 50 heavy (non-hydrogen) atoms. The number of likely N-dealkylation sites (tertiary alicyclic amines) is 2. The molecule has 4 aliphatic heterocycles. The van der Waals surface area contributed by atoms with Crippen molar-refractivity contribution in [3.63, 3.8) is 0 Å². The summed E-state index contributed by atoms with van der Waals surface area (Å²) in [6, 6.07) is 14.3. The topological polar surface area (TPSA) is 98.0 Å². The summed E-state index contributed by atoms with van der Waals surface area (Å²) in [7, 11) is 0. The molecule has 2 N–H and O–H groups in total. The highest BCUT2D eigenvalue weighted by Gasteiger charge is 2.65. The zero-order chi connectivity index (χ0) is 34.9. The maximum absolute atomic E-state index is 13.4. The van der Waals surface area contributed by atoms with Crippen molar-refractivity contribution in [2.75, 3.05) is 13.1 Å². The third kappa shape index (κ3) is 5.75. The van der Waals surface area contributed by atoms with E-state index in [4.69, 9.17) is 9.97 Å². The van der Waals surface area contributed by atoms with Crippen LogP contribution in [0.4, 0.5) is 0 Å². The monoisotopic (exact) mass is 706 g/mol. The number of hydrogen-bond acceptors (Lipinski definition) is 6.